The molecule has 16 heavy (non-hydrogen) atoms. The zero-order valence-electron chi connectivity index (χ0n) is 10.4. The van der Waals surface area contributed by atoms with E-state index in [0.29, 0.717) is 18.9 Å². The van der Waals surface area contributed by atoms with Crippen LogP contribution in [0.5, 0.6) is 0 Å². The van der Waals surface area contributed by atoms with Gasteiger partial charge in [0.1, 0.15) is 0 Å². The Morgan fingerprint density at radius 1 is 1.50 bits per heavy atom. The Kier molecular flexibility index (Phi) is 4.75. The van der Waals surface area contributed by atoms with E-state index >= 15 is 0 Å². The fourth-order valence-electron chi connectivity index (χ4n) is 1.92. The maximum absolute atomic E-state index is 12.2. The summed E-state index contributed by atoms with van der Waals surface area (Å²) in [6, 6.07) is 2.27. The molecule has 90 valence electrons. The molecule has 4 heteroatoms. The van der Waals surface area contributed by atoms with Gasteiger partial charge in [0, 0.05) is 18.5 Å². The van der Waals surface area contributed by atoms with Crippen LogP contribution in [0.1, 0.15) is 27.2 Å². The first-order chi connectivity index (χ1) is 7.57. The SMILES string of the molecule is CC(C(=O)N(CCC#N)C(C)C)C1CNC1. The van der Waals surface area contributed by atoms with Crippen LogP contribution in [0.4, 0.5) is 0 Å². The van der Waals surface area contributed by atoms with Gasteiger partial charge in [0.05, 0.1) is 12.5 Å². The van der Waals surface area contributed by atoms with Crippen LogP contribution in [0.3, 0.4) is 0 Å². The second-order valence-corrected chi connectivity index (χ2v) is 4.74. The monoisotopic (exact) mass is 223 g/mol. The van der Waals surface area contributed by atoms with Crippen LogP contribution in [0.2, 0.25) is 0 Å². The zero-order valence-corrected chi connectivity index (χ0v) is 10.4. The zero-order chi connectivity index (χ0) is 12.1. The molecule has 0 bridgehead atoms. The van der Waals surface area contributed by atoms with E-state index in [-0.39, 0.29) is 17.9 Å². The molecule has 1 atom stereocenters. The molecule has 0 aliphatic carbocycles. The van der Waals surface area contributed by atoms with Gasteiger partial charge in [-0.15, -0.1) is 0 Å². The van der Waals surface area contributed by atoms with Crippen molar-refractivity contribution in [1.29, 1.82) is 5.26 Å². The Morgan fingerprint density at radius 3 is 2.50 bits per heavy atom. The first kappa shape index (κ1) is 13.0. The van der Waals surface area contributed by atoms with Crippen molar-refractivity contribution in [3.05, 3.63) is 0 Å². The standard InChI is InChI=1S/C12H21N3O/c1-9(2)15(6-4-5-13)12(16)10(3)11-7-14-8-11/h9-11,14H,4,6-8H2,1-3H3. The third-order valence-corrected chi connectivity index (χ3v) is 3.28. The van der Waals surface area contributed by atoms with Gasteiger partial charge in [-0.05, 0) is 32.9 Å². The number of carbonyl (C=O) groups excluding carboxylic acids is 1. The molecule has 1 heterocycles. The summed E-state index contributed by atoms with van der Waals surface area (Å²) >= 11 is 0. The van der Waals surface area contributed by atoms with Gasteiger partial charge in [0.15, 0.2) is 0 Å². The maximum Gasteiger partial charge on any atom is 0.226 e. The molecule has 0 aromatic rings. The van der Waals surface area contributed by atoms with Crippen LogP contribution < -0.4 is 5.32 Å². The van der Waals surface area contributed by atoms with Crippen LogP contribution in [-0.2, 0) is 4.79 Å². The summed E-state index contributed by atoms with van der Waals surface area (Å²) in [6.45, 7) is 8.43. The van der Waals surface area contributed by atoms with Gasteiger partial charge in [0.2, 0.25) is 5.91 Å². The predicted octanol–water partition coefficient (Wildman–Crippen LogP) is 0.993. The first-order valence-electron chi connectivity index (χ1n) is 5.96. The summed E-state index contributed by atoms with van der Waals surface area (Å²) in [5, 5.41) is 11.8. The van der Waals surface area contributed by atoms with Crippen molar-refractivity contribution in [3.8, 4) is 6.07 Å². The molecular formula is C12H21N3O. The maximum atomic E-state index is 12.2. The number of hydrogen-bond acceptors (Lipinski definition) is 3. The Hall–Kier alpha value is -1.08. The van der Waals surface area contributed by atoms with Gasteiger partial charge in [-0.1, -0.05) is 6.92 Å². The molecule has 1 unspecified atom stereocenters. The summed E-state index contributed by atoms with van der Waals surface area (Å²) in [6.07, 6.45) is 0.416. The van der Waals surface area contributed by atoms with E-state index in [9.17, 15) is 4.79 Å². The third-order valence-electron chi connectivity index (χ3n) is 3.28. The Balaban J connectivity index is 2.55. The molecule has 1 saturated heterocycles. The average Bonchev–Trinajstić information content (AvgIpc) is 2.14. The van der Waals surface area contributed by atoms with Crippen LogP contribution in [0.25, 0.3) is 0 Å². The van der Waals surface area contributed by atoms with E-state index in [1.807, 2.05) is 25.7 Å². The predicted molar refractivity (Wildman–Crippen MR) is 62.6 cm³/mol. The number of carbonyl (C=O) groups is 1. The second kappa shape index (κ2) is 5.86. The van der Waals surface area contributed by atoms with Crippen LogP contribution >= 0.6 is 0 Å². The number of rotatable bonds is 5. The Bertz CT molecular complexity index is 278. The molecule has 1 fully saturated rings. The number of hydrogen-bond donors (Lipinski definition) is 1. The number of nitrogens with one attached hydrogen (secondary N) is 1. The molecule has 4 nitrogen and oxygen atoms in total. The number of nitriles is 1. The van der Waals surface area contributed by atoms with Crippen LogP contribution in [0.15, 0.2) is 0 Å². The molecule has 1 aliphatic heterocycles. The lowest BCUT2D eigenvalue weighted by atomic mass is 9.87. The van der Waals surface area contributed by atoms with Gasteiger partial charge in [-0.2, -0.15) is 5.26 Å². The minimum atomic E-state index is 0.0716. The Labute approximate surface area is 97.6 Å². The average molecular weight is 223 g/mol. The van der Waals surface area contributed by atoms with Crippen LogP contribution in [0, 0.1) is 23.2 Å². The highest BCUT2D eigenvalue weighted by atomic mass is 16.2. The molecule has 1 N–H and O–H groups in total. The third kappa shape index (κ3) is 2.96. The van der Waals surface area contributed by atoms with E-state index in [0.717, 1.165) is 13.1 Å². The summed E-state index contributed by atoms with van der Waals surface area (Å²) in [4.78, 5) is 14.0. The summed E-state index contributed by atoms with van der Waals surface area (Å²) in [5.74, 6) is 0.731. The van der Waals surface area contributed by atoms with Crippen molar-refractivity contribution in [2.75, 3.05) is 19.6 Å². The molecular weight excluding hydrogens is 202 g/mol. The largest absolute Gasteiger partial charge is 0.339 e. The van der Waals surface area contributed by atoms with Crippen molar-refractivity contribution >= 4 is 5.91 Å². The van der Waals surface area contributed by atoms with Crippen molar-refractivity contribution in [1.82, 2.24) is 10.2 Å². The van der Waals surface area contributed by atoms with E-state index < -0.39 is 0 Å². The smallest absolute Gasteiger partial charge is 0.226 e. The summed E-state index contributed by atoms with van der Waals surface area (Å²) in [7, 11) is 0. The molecule has 1 rings (SSSR count). The molecule has 0 saturated carbocycles. The number of amides is 1. The molecule has 0 aromatic carbocycles. The quantitative estimate of drug-likeness (QED) is 0.756. The van der Waals surface area contributed by atoms with Gasteiger partial charge in [-0.25, -0.2) is 0 Å². The highest BCUT2D eigenvalue weighted by Crippen LogP contribution is 2.19. The lowest BCUT2D eigenvalue weighted by molar-refractivity contribution is -0.139. The fraction of sp³-hybridized carbons (Fsp3) is 0.833. The lowest BCUT2D eigenvalue weighted by Crippen LogP contribution is -2.51. The fourth-order valence-corrected chi connectivity index (χ4v) is 1.92. The molecule has 0 aromatic heterocycles. The minimum absolute atomic E-state index is 0.0716. The molecule has 1 amide bonds. The highest BCUT2D eigenvalue weighted by Gasteiger charge is 2.32. The molecule has 1 aliphatic rings. The molecule has 0 spiro atoms. The van der Waals surface area contributed by atoms with E-state index in [4.69, 9.17) is 5.26 Å². The highest BCUT2D eigenvalue weighted by molar-refractivity contribution is 5.79. The van der Waals surface area contributed by atoms with Gasteiger partial charge in [0.25, 0.3) is 0 Å². The van der Waals surface area contributed by atoms with Gasteiger partial charge >= 0.3 is 0 Å². The normalized spacial score (nSPS) is 17.7. The lowest BCUT2D eigenvalue weighted by Gasteiger charge is -2.36. The van der Waals surface area contributed by atoms with Crippen molar-refractivity contribution in [3.63, 3.8) is 0 Å². The van der Waals surface area contributed by atoms with E-state index in [1.54, 1.807) is 0 Å². The van der Waals surface area contributed by atoms with Crippen molar-refractivity contribution in [2.45, 2.75) is 33.2 Å². The van der Waals surface area contributed by atoms with Crippen LogP contribution in [-0.4, -0.2) is 36.5 Å². The van der Waals surface area contributed by atoms with E-state index in [1.165, 1.54) is 0 Å². The van der Waals surface area contributed by atoms with Gasteiger partial charge in [-0.3, -0.25) is 4.79 Å². The first-order valence-corrected chi connectivity index (χ1v) is 5.96. The van der Waals surface area contributed by atoms with Gasteiger partial charge < -0.3 is 10.2 Å². The number of nitrogens with zero attached hydrogens (tertiary/aromatic N) is 2. The van der Waals surface area contributed by atoms with E-state index in [2.05, 4.69) is 11.4 Å². The topological polar surface area (TPSA) is 56.1 Å². The second-order valence-electron chi connectivity index (χ2n) is 4.74. The minimum Gasteiger partial charge on any atom is -0.339 e. The summed E-state index contributed by atoms with van der Waals surface area (Å²) < 4.78 is 0. The van der Waals surface area contributed by atoms with Crippen molar-refractivity contribution in [2.24, 2.45) is 11.8 Å². The Morgan fingerprint density at radius 2 is 2.12 bits per heavy atom. The summed E-state index contributed by atoms with van der Waals surface area (Å²) in [5.41, 5.74) is 0. The molecule has 0 radical (unpaired) electrons. The van der Waals surface area contributed by atoms with Crippen molar-refractivity contribution < 1.29 is 4.79 Å².